The zero-order chi connectivity index (χ0) is 17.7. The minimum Gasteiger partial charge on any atom is -0.264 e. The number of hydrogen-bond donors (Lipinski definition) is 1. The molecule has 6 nitrogen and oxygen atoms in total. The van der Waals surface area contributed by atoms with Crippen LogP contribution in [0, 0.1) is 11.3 Å². The lowest BCUT2D eigenvalue weighted by Gasteiger charge is -2.11. The van der Waals surface area contributed by atoms with Gasteiger partial charge in [-0.25, -0.2) is 13.1 Å². The van der Waals surface area contributed by atoms with Gasteiger partial charge in [-0.15, -0.1) is 0 Å². The number of pyridine rings is 2. The molecule has 124 valence electrons. The van der Waals surface area contributed by atoms with Crippen LogP contribution in [0.5, 0.6) is 0 Å². The molecule has 0 aliphatic carbocycles. The maximum atomic E-state index is 12.5. The topological polar surface area (TPSA) is 95.7 Å². The smallest absolute Gasteiger partial charge is 0.242 e. The van der Waals surface area contributed by atoms with Gasteiger partial charge in [0.1, 0.15) is 6.07 Å². The quantitative estimate of drug-likeness (QED) is 0.763. The lowest BCUT2D eigenvalue weighted by molar-refractivity contribution is 0.581. The van der Waals surface area contributed by atoms with Gasteiger partial charge in [0.25, 0.3) is 0 Å². The molecule has 0 saturated carbocycles. The first-order valence-corrected chi connectivity index (χ1v) is 8.93. The van der Waals surface area contributed by atoms with Crippen molar-refractivity contribution in [1.82, 2.24) is 14.7 Å². The molecule has 3 aromatic rings. The average molecular weight is 350 g/mol. The van der Waals surface area contributed by atoms with Gasteiger partial charge in [0, 0.05) is 30.7 Å². The summed E-state index contributed by atoms with van der Waals surface area (Å²) < 4.78 is 27.6. The number of rotatable bonds is 5. The Morgan fingerprint density at radius 2 is 1.84 bits per heavy atom. The van der Waals surface area contributed by atoms with E-state index in [1.165, 1.54) is 12.1 Å². The first-order valence-electron chi connectivity index (χ1n) is 7.45. The number of nitrogens with one attached hydrogen (secondary N) is 1. The van der Waals surface area contributed by atoms with E-state index in [1.54, 1.807) is 48.9 Å². The predicted molar refractivity (Wildman–Crippen MR) is 92.7 cm³/mol. The summed E-state index contributed by atoms with van der Waals surface area (Å²) in [6, 6.07) is 15.2. The van der Waals surface area contributed by atoms with Gasteiger partial charge < -0.3 is 0 Å². The highest BCUT2D eigenvalue weighted by atomic mass is 32.2. The van der Waals surface area contributed by atoms with E-state index < -0.39 is 10.0 Å². The van der Waals surface area contributed by atoms with Crippen molar-refractivity contribution in [2.45, 2.75) is 11.4 Å². The Morgan fingerprint density at radius 1 is 1.04 bits per heavy atom. The highest BCUT2D eigenvalue weighted by Gasteiger charge is 2.18. The van der Waals surface area contributed by atoms with Crippen LogP contribution in [0.3, 0.4) is 0 Å². The fourth-order valence-corrected chi connectivity index (χ4v) is 3.55. The average Bonchev–Trinajstić information content (AvgIpc) is 2.67. The second kappa shape index (κ2) is 7.21. The molecule has 0 bridgehead atoms. The maximum absolute atomic E-state index is 12.5. The normalized spacial score (nSPS) is 11.0. The van der Waals surface area contributed by atoms with Crippen LogP contribution in [0.15, 0.2) is 72.0 Å². The highest BCUT2D eigenvalue weighted by molar-refractivity contribution is 7.89. The van der Waals surface area contributed by atoms with Crippen molar-refractivity contribution < 1.29 is 8.42 Å². The third kappa shape index (κ3) is 3.71. The van der Waals surface area contributed by atoms with Gasteiger partial charge in [-0.3, -0.25) is 9.97 Å². The molecule has 0 aliphatic rings. The predicted octanol–water partition coefficient (Wildman–Crippen LogP) is 2.49. The van der Waals surface area contributed by atoms with E-state index in [4.69, 9.17) is 5.26 Å². The van der Waals surface area contributed by atoms with Crippen LogP contribution in [0.2, 0.25) is 0 Å². The zero-order valence-electron chi connectivity index (χ0n) is 13.1. The molecular formula is C18H14N4O2S. The molecule has 0 aliphatic heterocycles. The summed E-state index contributed by atoms with van der Waals surface area (Å²) in [4.78, 5) is 8.36. The fraction of sp³-hybridized carbons (Fsp3) is 0.0556. The van der Waals surface area contributed by atoms with Gasteiger partial charge in [0.05, 0.1) is 16.2 Å². The summed E-state index contributed by atoms with van der Waals surface area (Å²) in [7, 11) is -3.82. The van der Waals surface area contributed by atoms with Crippen LogP contribution in [-0.4, -0.2) is 18.4 Å². The van der Waals surface area contributed by atoms with Gasteiger partial charge >= 0.3 is 0 Å². The van der Waals surface area contributed by atoms with Gasteiger partial charge in [0.15, 0.2) is 0 Å². The van der Waals surface area contributed by atoms with Gasteiger partial charge in [-0.2, -0.15) is 5.26 Å². The third-order valence-electron chi connectivity index (χ3n) is 3.58. The van der Waals surface area contributed by atoms with E-state index in [-0.39, 0.29) is 17.0 Å². The van der Waals surface area contributed by atoms with Crippen LogP contribution in [-0.2, 0) is 16.6 Å². The molecule has 2 aromatic heterocycles. The van der Waals surface area contributed by atoms with Gasteiger partial charge in [-0.1, -0.05) is 18.2 Å². The standard InChI is InChI=1S/C18H14N4O2S/c19-11-14-5-1-2-8-17(14)25(23,24)22-13-16-7-4-10-21-18(16)15-6-3-9-20-12-15/h1-10,12,22H,13H2. The lowest BCUT2D eigenvalue weighted by atomic mass is 10.1. The molecule has 0 saturated heterocycles. The number of hydrogen-bond acceptors (Lipinski definition) is 5. The summed E-state index contributed by atoms with van der Waals surface area (Å²) in [6.07, 6.45) is 4.98. The zero-order valence-corrected chi connectivity index (χ0v) is 13.9. The van der Waals surface area contributed by atoms with Gasteiger partial charge in [-0.05, 0) is 35.9 Å². The minimum atomic E-state index is -3.82. The van der Waals surface area contributed by atoms with Gasteiger partial charge in [0.2, 0.25) is 10.0 Å². The van der Waals surface area contributed by atoms with E-state index >= 15 is 0 Å². The molecule has 1 aromatic carbocycles. The van der Waals surface area contributed by atoms with Crippen molar-refractivity contribution in [3.63, 3.8) is 0 Å². The van der Waals surface area contributed by atoms with Crippen LogP contribution in [0.4, 0.5) is 0 Å². The molecule has 0 radical (unpaired) electrons. The summed E-state index contributed by atoms with van der Waals surface area (Å²) in [5.41, 5.74) is 2.28. The molecule has 0 fully saturated rings. The van der Waals surface area contributed by atoms with Crippen molar-refractivity contribution in [3.05, 3.63) is 78.2 Å². The monoisotopic (exact) mass is 350 g/mol. The van der Waals surface area contributed by atoms with E-state index in [1.807, 2.05) is 12.1 Å². The molecule has 2 heterocycles. The molecule has 7 heteroatoms. The molecule has 3 rings (SSSR count). The van der Waals surface area contributed by atoms with Crippen molar-refractivity contribution in [3.8, 4) is 17.3 Å². The molecule has 0 unspecified atom stereocenters. The molecule has 0 atom stereocenters. The number of sulfonamides is 1. The molecule has 0 amide bonds. The number of aromatic nitrogens is 2. The van der Waals surface area contributed by atoms with Crippen molar-refractivity contribution in [1.29, 1.82) is 5.26 Å². The number of benzene rings is 1. The Morgan fingerprint density at radius 3 is 2.60 bits per heavy atom. The van der Waals surface area contributed by atoms with E-state index in [2.05, 4.69) is 14.7 Å². The molecular weight excluding hydrogens is 336 g/mol. The highest BCUT2D eigenvalue weighted by Crippen LogP contribution is 2.21. The number of nitriles is 1. The van der Waals surface area contributed by atoms with Crippen molar-refractivity contribution >= 4 is 10.0 Å². The molecule has 1 N–H and O–H groups in total. The SMILES string of the molecule is N#Cc1ccccc1S(=O)(=O)NCc1cccnc1-c1cccnc1. The Balaban J connectivity index is 1.89. The molecule has 25 heavy (non-hydrogen) atoms. The molecule has 0 spiro atoms. The summed E-state index contributed by atoms with van der Waals surface area (Å²) in [5.74, 6) is 0. The summed E-state index contributed by atoms with van der Waals surface area (Å²) in [5, 5.41) is 9.10. The maximum Gasteiger partial charge on any atom is 0.242 e. The Labute approximate surface area is 145 Å². The third-order valence-corrected chi connectivity index (χ3v) is 5.04. The number of nitrogens with zero attached hydrogens (tertiary/aromatic N) is 3. The Kier molecular flexibility index (Phi) is 4.84. The summed E-state index contributed by atoms with van der Waals surface area (Å²) in [6.45, 7) is 0.0557. The van der Waals surface area contributed by atoms with Crippen LogP contribution in [0.1, 0.15) is 11.1 Å². The van der Waals surface area contributed by atoms with Crippen molar-refractivity contribution in [2.24, 2.45) is 0 Å². The minimum absolute atomic E-state index is 0.0377. The van der Waals surface area contributed by atoms with Crippen LogP contribution < -0.4 is 4.72 Å². The Hall–Kier alpha value is -3.08. The van der Waals surface area contributed by atoms with Crippen molar-refractivity contribution in [2.75, 3.05) is 0 Å². The Bertz CT molecular complexity index is 1030. The first-order chi connectivity index (χ1) is 12.1. The van der Waals surface area contributed by atoms with Crippen LogP contribution in [0.25, 0.3) is 11.3 Å². The first kappa shape index (κ1) is 16.8. The van der Waals surface area contributed by atoms with E-state index in [0.717, 1.165) is 5.56 Å². The second-order valence-electron chi connectivity index (χ2n) is 5.19. The second-order valence-corrected chi connectivity index (χ2v) is 6.92. The van der Waals surface area contributed by atoms with E-state index in [0.29, 0.717) is 11.3 Å². The largest absolute Gasteiger partial charge is 0.264 e. The van der Waals surface area contributed by atoms with E-state index in [9.17, 15) is 8.42 Å². The fourth-order valence-electron chi connectivity index (χ4n) is 2.39. The summed E-state index contributed by atoms with van der Waals surface area (Å²) >= 11 is 0. The van der Waals surface area contributed by atoms with Crippen LogP contribution >= 0.6 is 0 Å². The lowest BCUT2D eigenvalue weighted by Crippen LogP contribution is -2.24.